The first-order valence-corrected chi connectivity index (χ1v) is 45.6. The normalized spacial score (nSPS) is 13.4. The van der Waals surface area contributed by atoms with Gasteiger partial charge in [0.05, 0.1) is 117 Å². The summed E-state index contributed by atoms with van der Waals surface area (Å²) in [7, 11) is 0. The lowest BCUT2D eigenvalue weighted by Crippen LogP contribution is -2.33. The SMILES string of the molecule is CC(C)[C@@H](CO)Nc1cc(NCc2ccc[n+]([O-])c2)n2ncc(Br)c2n1.CC(C)[C@H](CO)Nc1cc(NCc2ccc[n+]([O-])c2)n2ncc(Br)c2n1.CCC[C@@H](CO)Nc1cc(NCc2cccnc2)n2ncc(Br)c2n1.CCC[C@H](CO)Nc1cc(NCc2cccnc2)n2ncc(Br)c2n1.[O-][n+]1cccc(CNc2cc(N3CCC[C@H]3CO)nc3c(Br)cnn23)c1. The number of nitrogens with zero attached hydrogens (tertiary/aromatic N) is 21. The lowest BCUT2D eigenvalue weighted by atomic mass is 10.1. The molecule has 1 aliphatic rings. The van der Waals surface area contributed by atoms with Crippen LogP contribution < -0.4 is 66.9 Å². The number of aliphatic hydroxyl groups is 5. The molecule has 1 aliphatic heterocycles. The molecule has 0 aliphatic carbocycles. The Kier molecular flexibility index (Phi) is 35.1. The fourth-order valence-electron chi connectivity index (χ4n) is 13.6. The van der Waals surface area contributed by atoms with Crippen LogP contribution in [0.25, 0.3) is 28.2 Å². The zero-order valence-corrected chi connectivity index (χ0v) is 79.1. The van der Waals surface area contributed by atoms with Crippen LogP contribution >= 0.6 is 79.6 Å². The Morgan fingerprint density at radius 2 is 0.719 bits per heavy atom. The number of rotatable bonds is 35. The van der Waals surface area contributed by atoms with Gasteiger partial charge in [0, 0.05) is 129 Å². The Balaban J connectivity index is 0.000000145. The lowest BCUT2D eigenvalue weighted by Gasteiger charge is -2.25. The first-order chi connectivity index (χ1) is 62.0. The molecule has 16 rings (SSSR count). The molecule has 0 unspecified atom stereocenters. The summed E-state index contributed by atoms with van der Waals surface area (Å²) < 4.78 is 14.9. The number of pyridine rings is 5. The van der Waals surface area contributed by atoms with Gasteiger partial charge < -0.3 is 93.9 Å². The molecule has 5 atom stereocenters. The van der Waals surface area contributed by atoms with Crippen LogP contribution in [0.3, 0.4) is 0 Å². The van der Waals surface area contributed by atoms with E-state index in [1.54, 1.807) is 84.2 Å². The van der Waals surface area contributed by atoms with E-state index in [4.69, 9.17) is 4.98 Å². The number of aliphatic hydroxyl groups excluding tert-OH is 5. The third-order valence-corrected chi connectivity index (χ3v) is 23.2. The summed E-state index contributed by atoms with van der Waals surface area (Å²) in [5.41, 5.74) is 8.18. The van der Waals surface area contributed by atoms with Crippen molar-refractivity contribution in [3.63, 3.8) is 0 Å². The quantitative estimate of drug-likeness (QED) is 0.0130. The average Bonchev–Trinajstić information content (AvgIpc) is 1.63. The van der Waals surface area contributed by atoms with Crippen molar-refractivity contribution in [1.82, 2.24) is 83.0 Å². The molecule has 14 N–H and O–H groups in total. The minimum absolute atomic E-state index is 0.0151. The van der Waals surface area contributed by atoms with Gasteiger partial charge >= 0.3 is 0 Å². The molecule has 16 heterocycles. The highest BCUT2D eigenvalue weighted by Crippen LogP contribution is 2.32. The van der Waals surface area contributed by atoms with E-state index >= 15 is 0 Å². The van der Waals surface area contributed by atoms with Gasteiger partial charge in [-0.2, -0.15) is 62.3 Å². The van der Waals surface area contributed by atoms with Crippen LogP contribution in [0.5, 0.6) is 0 Å². The summed E-state index contributed by atoms with van der Waals surface area (Å²) in [6.07, 6.45) is 30.3. The van der Waals surface area contributed by atoms with Crippen LogP contribution in [0.15, 0.2) is 206 Å². The Morgan fingerprint density at radius 3 is 1.01 bits per heavy atom. The molecule has 0 radical (unpaired) electrons. The van der Waals surface area contributed by atoms with Crippen molar-refractivity contribution < 1.29 is 39.7 Å². The summed E-state index contributed by atoms with van der Waals surface area (Å²) in [5, 5.41) is 134. The fraction of sp³-hybridized carbons (Fsp3) is 0.353. The van der Waals surface area contributed by atoms with E-state index in [-0.39, 0.29) is 75.1 Å². The van der Waals surface area contributed by atoms with E-state index in [1.807, 2.05) is 113 Å². The largest absolute Gasteiger partial charge is 0.619 e. The molecule has 43 heteroatoms. The molecule has 15 aromatic rings. The van der Waals surface area contributed by atoms with Crippen molar-refractivity contribution in [2.24, 2.45) is 11.8 Å². The molecule has 38 nitrogen and oxygen atoms in total. The minimum atomic E-state index is -0.104. The third-order valence-electron chi connectivity index (χ3n) is 20.4. The second-order valence-electron chi connectivity index (χ2n) is 30.6. The van der Waals surface area contributed by atoms with Crippen molar-refractivity contribution in [2.45, 2.75) is 143 Å². The van der Waals surface area contributed by atoms with E-state index in [0.717, 1.165) is 144 Å². The predicted molar refractivity (Wildman–Crippen MR) is 510 cm³/mol. The van der Waals surface area contributed by atoms with E-state index in [0.29, 0.717) is 84.2 Å². The van der Waals surface area contributed by atoms with Crippen LogP contribution in [-0.2, 0) is 32.7 Å². The average molecular weight is 2070 g/mol. The molecule has 0 bridgehead atoms. The van der Waals surface area contributed by atoms with Crippen LogP contribution in [0.4, 0.5) is 58.2 Å². The smallest absolute Gasteiger partial charge is 0.185 e. The number of nitrogens with one attached hydrogen (secondary N) is 9. The molecular weight excluding hydrogens is 1970 g/mol. The summed E-state index contributed by atoms with van der Waals surface area (Å²) in [6, 6.07) is 27.9. The third kappa shape index (κ3) is 25.9. The molecule has 0 saturated carbocycles. The first kappa shape index (κ1) is 95.6. The van der Waals surface area contributed by atoms with E-state index in [2.05, 4.69) is 202 Å². The molecule has 0 amide bonds. The van der Waals surface area contributed by atoms with Gasteiger partial charge in [0.15, 0.2) is 65.4 Å². The number of halogens is 5. The Bertz CT molecular complexity index is 5770. The number of anilines is 10. The highest BCUT2D eigenvalue weighted by atomic mass is 79.9. The van der Waals surface area contributed by atoms with Gasteiger partial charge in [0.1, 0.15) is 58.2 Å². The molecule has 0 spiro atoms. The zero-order chi connectivity index (χ0) is 90.8. The van der Waals surface area contributed by atoms with Gasteiger partial charge in [-0.15, -0.1) is 0 Å². The summed E-state index contributed by atoms with van der Waals surface area (Å²) >= 11 is 17.4. The lowest BCUT2D eigenvalue weighted by molar-refractivity contribution is -0.606. The monoisotopic (exact) mass is 2070 g/mol. The maximum atomic E-state index is 11.4. The highest BCUT2D eigenvalue weighted by molar-refractivity contribution is 9.11. The van der Waals surface area contributed by atoms with Crippen molar-refractivity contribution in [1.29, 1.82) is 0 Å². The second-order valence-corrected chi connectivity index (χ2v) is 34.9. The predicted octanol–water partition coefficient (Wildman–Crippen LogP) is 12.2. The number of hydrogen-bond donors (Lipinski definition) is 14. The topological polar surface area (TPSA) is 470 Å². The van der Waals surface area contributed by atoms with Gasteiger partial charge in [-0.25, -0.2) is 24.9 Å². The van der Waals surface area contributed by atoms with E-state index < -0.39 is 0 Å². The molecule has 1 saturated heterocycles. The standard InChI is InChI=1S/C17H19BrN6O2.2C17H21BrN6O2.2C17H21BrN6O/c18-14-9-20-24-15(19-8-12-3-1-5-22(26)10-12)7-16(21-17(14)24)23-6-2-4-13(23)11-25;2*1-11(2)14(10-25)21-15-6-16(24-17(22-15)13(18)8-20-24)19-7-12-4-3-5-23(26)9-12;2*1-2-4-13(11-25)22-15-7-16(20-9-12-5-3-6-19-8-12)24-17(23-15)14(18)10-21-24/h1,3,5,7,9-10,13,19,25H,2,4,6,8,11H2;2*3-6,8-9,11,14,19,25H,7,10H2,1-2H3,(H,21,22);2*3,5-8,10,13,20,25H,2,4,9,11H2,1H3,(H,22,23)/t13-;2*14-;2*13-/m01010/s1. The van der Waals surface area contributed by atoms with Crippen molar-refractivity contribution in [2.75, 3.05) is 92.3 Å². The van der Waals surface area contributed by atoms with Crippen LogP contribution in [0.2, 0.25) is 0 Å². The van der Waals surface area contributed by atoms with Gasteiger partial charge in [0.2, 0.25) is 0 Å². The fourth-order valence-corrected chi connectivity index (χ4v) is 15.4. The summed E-state index contributed by atoms with van der Waals surface area (Å²) in [5.74, 6) is 7.86. The molecule has 1 fully saturated rings. The zero-order valence-electron chi connectivity index (χ0n) is 71.1. The van der Waals surface area contributed by atoms with Crippen LogP contribution in [0, 0.1) is 27.5 Å². The number of fused-ring (bicyclic) bond motifs is 5. The van der Waals surface area contributed by atoms with E-state index in [1.165, 1.54) is 37.2 Å². The van der Waals surface area contributed by atoms with E-state index in [9.17, 15) is 41.2 Å². The minimum Gasteiger partial charge on any atom is -0.619 e. The Morgan fingerprint density at radius 1 is 0.406 bits per heavy atom. The summed E-state index contributed by atoms with van der Waals surface area (Å²) in [4.78, 5) is 33.5. The number of hydrogen-bond acceptors (Lipinski definition) is 30. The first-order valence-electron chi connectivity index (χ1n) is 41.6. The molecule has 0 aromatic carbocycles. The second kappa shape index (κ2) is 47.0. The van der Waals surface area contributed by atoms with Gasteiger partial charge in [-0.05, 0) is 159 Å². The molecule has 676 valence electrons. The molecule has 128 heavy (non-hydrogen) atoms. The Labute approximate surface area is 780 Å². The molecule has 15 aromatic heterocycles. The highest BCUT2D eigenvalue weighted by Gasteiger charge is 2.28. The maximum Gasteiger partial charge on any atom is 0.185 e. The molecular formula is C85H103Br5N30O8. The van der Waals surface area contributed by atoms with Crippen molar-refractivity contribution in [3.05, 3.63) is 250 Å². The number of aromatic nitrogens is 20. The van der Waals surface area contributed by atoms with Crippen LogP contribution in [0.1, 0.15) is 108 Å². The van der Waals surface area contributed by atoms with Gasteiger partial charge in [-0.1, -0.05) is 66.5 Å². The van der Waals surface area contributed by atoms with Gasteiger partial charge in [-0.3, -0.25) is 9.97 Å². The van der Waals surface area contributed by atoms with Gasteiger partial charge in [0.25, 0.3) is 0 Å². The summed E-state index contributed by atoms with van der Waals surface area (Å²) in [6.45, 7) is 16.2. The Hall–Kier alpha value is -11.6. The maximum absolute atomic E-state index is 11.4. The van der Waals surface area contributed by atoms with Crippen molar-refractivity contribution >= 4 is 166 Å². The van der Waals surface area contributed by atoms with Crippen LogP contribution in [-0.4, -0.2) is 178 Å². The van der Waals surface area contributed by atoms with Crippen molar-refractivity contribution in [3.8, 4) is 0 Å².